The Morgan fingerprint density at radius 2 is 2.06 bits per heavy atom. The molecule has 8 nitrogen and oxygen atoms in total. The first-order valence-electron chi connectivity index (χ1n) is 8.91. The lowest BCUT2D eigenvalue weighted by Gasteiger charge is -2.40. The minimum absolute atomic E-state index is 0.0969. The third kappa shape index (κ3) is 4.09. The SMILES string of the molecule is C[C@@]1(c2nc(NC(=O)c3ncc(C#N)cc3Cl)ccc2F)CO[C@@](C)(C(F)(F)F)C(N)=N1. The second-order valence-corrected chi connectivity index (χ2v) is 7.65. The molecule has 2 atom stereocenters. The molecule has 2 aromatic heterocycles. The summed E-state index contributed by atoms with van der Waals surface area (Å²) < 4.78 is 59.4. The van der Waals surface area contributed by atoms with E-state index in [4.69, 9.17) is 27.3 Å². The molecule has 32 heavy (non-hydrogen) atoms. The molecule has 0 fully saturated rings. The maximum absolute atomic E-state index is 14.5. The number of hydrogen-bond donors (Lipinski definition) is 2. The van der Waals surface area contributed by atoms with Crippen LogP contribution < -0.4 is 11.1 Å². The fraction of sp³-hybridized carbons (Fsp3) is 0.316. The molecule has 1 amide bonds. The van der Waals surface area contributed by atoms with Gasteiger partial charge in [0.05, 0.1) is 17.2 Å². The third-order valence-corrected chi connectivity index (χ3v) is 5.11. The van der Waals surface area contributed by atoms with Crippen molar-refractivity contribution in [3.63, 3.8) is 0 Å². The zero-order valence-corrected chi connectivity index (χ0v) is 17.3. The number of amides is 1. The van der Waals surface area contributed by atoms with Crippen molar-refractivity contribution >= 4 is 29.2 Å². The van der Waals surface area contributed by atoms with Gasteiger partial charge in [-0.1, -0.05) is 11.6 Å². The highest BCUT2D eigenvalue weighted by Gasteiger charge is 2.59. The number of carbonyl (C=O) groups excluding carboxylic acids is 1. The number of nitrogens with two attached hydrogens (primary N) is 1. The van der Waals surface area contributed by atoms with Crippen molar-refractivity contribution in [2.24, 2.45) is 10.7 Å². The van der Waals surface area contributed by atoms with E-state index in [0.717, 1.165) is 25.3 Å². The first kappa shape index (κ1) is 23.4. The Bertz CT molecular complexity index is 1170. The third-order valence-electron chi connectivity index (χ3n) is 4.82. The van der Waals surface area contributed by atoms with Gasteiger partial charge < -0.3 is 15.8 Å². The van der Waals surface area contributed by atoms with Gasteiger partial charge in [-0.05, 0) is 32.0 Å². The Kier molecular flexibility index (Phi) is 5.84. The molecule has 3 N–H and O–H groups in total. The number of nitrogens with one attached hydrogen (secondary N) is 1. The number of alkyl halides is 3. The second kappa shape index (κ2) is 7.99. The van der Waals surface area contributed by atoms with Crippen LogP contribution in [-0.4, -0.2) is 40.1 Å². The number of aliphatic imine (C=N–C) groups is 1. The van der Waals surface area contributed by atoms with Crippen LogP contribution in [0.15, 0.2) is 29.4 Å². The first-order chi connectivity index (χ1) is 14.8. The van der Waals surface area contributed by atoms with E-state index < -0.39 is 41.5 Å². The summed E-state index contributed by atoms with van der Waals surface area (Å²) in [6.45, 7) is 1.35. The highest BCUT2D eigenvalue weighted by Crippen LogP contribution is 2.41. The number of nitriles is 1. The number of hydrogen-bond acceptors (Lipinski definition) is 7. The Hall–Kier alpha value is -3.30. The van der Waals surface area contributed by atoms with E-state index in [2.05, 4.69) is 20.3 Å². The van der Waals surface area contributed by atoms with Crippen LogP contribution in [0.2, 0.25) is 5.02 Å². The molecule has 1 aliphatic heterocycles. The van der Waals surface area contributed by atoms with Gasteiger partial charge in [0.15, 0.2) is 0 Å². The molecule has 0 radical (unpaired) electrons. The normalized spacial score (nSPS) is 23.2. The van der Waals surface area contributed by atoms with E-state index in [1.165, 1.54) is 13.0 Å². The molecule has 0 aromatic carbocycles. The zero-order valence-electron chi connectivity index (χ0n) is 16.6. The van der Waals surface area contributed by atoms with Crippen LogP contribution in [0.4, 0.5) is 23.4 Å². The molecule has 3 rings (SSSR count). The summed E-state index contributed by atoms with van der Waals surface area (Å²) in [4.78, 5) is 24.1. The van der Waals surface area contributed by atoms with Crippen molar-refractivity contribution in [3.8, 4) is 6.07 Å². The van der Waals surface area contributed by atoms with Gasteiger partial charge in [-0.3, -0.25) is 9.79 Å². The lowest BCUT2D eigenvalue weighted by Crippen LogP contribution is -2.60. The molecule has 168 valence electrons. The smallest absolute Gasteiger partial charge is 0.385 e. The fourth-order valence-electron chi connectivity index (χ4n) is 2.84. The van der Waals surface area contributed by atoms with Crippen LogP contribution in [0.1, 0.15) is 35.6 Å². The van der Waals surface area contributed by atoms with Crippen LogP contribution >= 0.6 is 11.6 Å². The van der Waals surface area contributed by atoms with Crippen LogP contribution in [-0.2, 0) is 10.3 Å². The number of pyridine rings is 2. The second-order valence-electron chi connectivity index (χ2n) is 7.24. The summed E-state index contributed by atoms with van der Waals surface area (Å²) in [6.07, 6.45) is -3.70. The average molecular weight is 471 g/mol. The summed E-state index contributed by atoms with van der Waals surface area (Å²) in [7, 11) is 0. The molecule has 13 heteroatoms. The molecule has 0 spiro atoms. The molecule has 0 saturated carbocycles. The summed E-state index contributed by atoms with van der Waals surface area (Å²) in [5.41, 5.74) is 0.557. The molecular formula is C19H15ClF4N6O2. The van der Waals surface area contributed by atoms with E-state index >= 15 is 0 Å². The molecular weight excluding hydrogens is 456 g/mol. The number of aromatic nitrogens is 2. The molecule has 0 saturated heterocycles. The van der Waals surface area contributed by atoms with E-state index in [-0.39, 0.29) is 27.8 Å². The van der Waals surface area contributed by atoms with Crippen molar-refractivity contribution in [1.82, 2.24) is 9.97 Å². The number of nitrogens with zero attached hydrogens (tertiary/aromatic N) is 4. The van der Waals surface area contributed by atoms with Gasteiger partial charge in [-0.25, -0.2) is 14.4 Å². The number of halogens is 5. The lowest BCUT2D eigenvalue weighted by atomic mass is 9.93. The van der Waals surface area contributed by atoms with Gasteiger partial charge in [0.1, 0.15) is 40.5 Å². The number of carbonyl (C=O) groups is 1. The van der Waals surface area contributed by atoms with Crippen molar-refractivity contribution < 1.29 is 27.1 Å². The Morgan fingerprint density at radius 1 is 1.38 bits per heavy atom. The first-order valence-corrected chi connectivity index (χ1v) is 9.29. The topological polar surface area (TPSA) is 126 Å². The van der Waals surface area contributed by atoms with Gasteiger partial charge in [-0.2, -0.15) is 18.4 Å². The van der Waals surface area contributed by atoms with Crippen LogP contribution in [0.5, 0.6) is 0 Å². The fourth-order valence-corrected chi connectivity index (χ4v) is 3.10. The molecule has 0 unspecified atom stereocenters. The molecule has 1 aliphatic rings. The molecule has 2 aromatic rings. The van der Waals surface area contributed by atoms with Gasteiger partial charge >= 0.3 is 6.18 Å². The molecule has 0 bridgehead atoms. The molecule has 0 aliphatic carbocycles. The Balaban J connectivity index is 1.93. The van der Waals surface area contributed by atoms with E-state index in [1.54, 1.807) is 0 Å². The minimum Gasteiger partial charge on any atom is -0.385 e. The Labute approximate surface area is 184 Å². The maximum atomic E-state index is 14.5. The predicted molar refractivity (Wildman–Crippen MR) is 105 cm³/mol. The van der Waals surface area contributed by atoms with Crippen LogP contribution in [0.25, 0.3) is 0 Å². The van der Waals surface area contributed by atoms with Crippen LogP contribution in [0.3, 0.4) is 0 Å². The van der Waals surface area contributed by atoms with Gasteiger partial charge in [0.2, 0.25) is 5.60 Å². The van der Waals surface area contributed by atoms with E-state index in [1.807, 2.05) is 6.07 Å². The van der Waals surface area contributed by atoms with E-state index in [9.17, 15) is 22.4 Å². The number of amidine groups is 1. The predicted octanol–water partition coefficient (Wildman–Crippen LogP) is 3.32. The zero-order chi connectivity index (χ0) is 23.9. The highest BCUT2D eigenvalue weighted by molar-refractivity contribution is 6.34. The summed E-state index contributed by atoms with van der Waals surface area (Å²) >= 11 is 5.95. The standard InChI is InChI=1S/C19H15ClF4N6O2/c1-17(8-32-18(2,16(26)30-17)19(22,23)24)14-11(21)3-4-12(28-14)29-15(31)13-10(20)5-9(6-25)7-27-13/h3-5,7H,8H2,1-2H3,(H2,26,30)(H,28,29,31)/t17-,18+/m0/s1. The lowest BCUT2D eigenvalue weighted by molar-refractivity contribution is -0.249. The van der Waals surface area contributed by atoms with Gasteiger partial charge in [-0.15, -0.1) is 0 Å². The largest absolute Gasteiger partial charge is 0.424 e. The number of rotatable bonds is 3. The Morgan fingerprint density at radius 3 is 2.62 bits per heavy atom. The number of ether oxygens (including phenoxy) is 1. The minimum atomic E-state index is -4.84. The summed E-state index contributed by atoms with van der Waals surface area (Å²) in [6, 6.07) is 5.15. The van der Waals surface area contributed by atoms with Crippen molar-refractivity contribution in [2.75, 3.05) is 11.9 Å². The molecule has 3 heterocycles. The number of anilines is 1. The van der Waals surface area contributed by atoms with Crippen molar-refractivity contribution in [1.29, 1.82) is 5.26 Å². The monoisotopic (exact) mass is 470 g/mol. The van der Waals surface area contributed by atoms with Gasteiger partial charge in [0.25, 0.3) is 5.91 Å². The van der Waals surface area contributed by atoms with E-state index in [0.29, 0.717) is 0 Å². The highest BCUT2D eigenvalue weighted by atomic mass is 35.5. The van der Waals surface area contributed by atoms with Crippen LogP contribution in [0, 0.1) is 17.1 Å². The quantitative estimate of drug-likeness (QED) is 0.663. The summed E-state index contributed by atoms with van der Waals surface area (Å²) in [5.74, 6) is -2.73. The van der Waals surface area contributed by atoms with Gasteiger partial charge in [0, 0.05) is 6.20 Å². The van der Waals surface area contributed by atoms with Crippen molar-refractivity contribution in [2.45, 2.75) is 31.2 Å². The maximum Gasteiger partial charge on any atom is 0.424 e. The van der Waals surface area contributed by atoms with Crippen molar-refractivity contribution in [3.05, 3.63) is 52.2 Å². The average Bonchev–Trinajstić information content (AvgIpc) is 2.71. The summed E-state index contributed by atoms with van der Waals surface area (Å²) in [5, 5.41) is 11.1.